The predicted octanol–water partition coefficient (Wildman–Crippen LogP) is 1.26. The first-order valence-corrected chi connectivity index (χ1v) is 13.5. The van der Waals surface area contributed by atoms with Gasteiger partial charge in [-0.3, -0.25) is 9.63 Å². The number of fused-ring (bicyclic) bond motifs is 2. The van der Waals surface area contributed by atoms with Gasteiger partial charge in [0, 0.05) is 45.2 Å². The summed E-state index contributed by atoms with van der Waals surface area (Å²) in [6.45, 7) is 10.4. The summed E-state index contributed by atoms with van der Waals surface area (Å²) in [4.78, 5) is 34.4. The van der Waals surface area contributed by atoms with Crippen LogP contribution < -0.4 is 16.9 Å². The van der Waals surface area contributed by atoms with Gasteiger partial charge >= 0.3 is 6.09 Å². The molecule has 218 valence electrons. The quantitative estimate of drug-likeness (QED) is 0.122. The third-order valence-electron chi connectivity index (χ3n) is 6.88. The molecule has 3 rings (SSSR count). The summed E-state index contributed by atoms with van der Waals surface area (Å²) in [5.41, 5.74) is 6.66. The average Bonchev–Trinajstić information content (AvgIpc) is 2.87. The summed E-state index contributed by atoms with van der Waals surface area (Å²) in [5.74, 6) is 5.93. The summed E-state index contributed by atoms with van der Waals surface area (Å²) in [5, 5.41) is 8.77. The second-order valence-corrected chi connectivity index (χ2v) is 11.5. The molecule has 2 bridgehead atoms. The van der Waals surface area contributed by atoms with Crippen LogP contribution in [-0.4, -0.2) is 102 Å². The van der Waals surface area contributed by atoms with Crippen LogP contribution in [0, 0.1) is 0 Å². The second-order valence-electron chi connectivity index (χ2n) is 11.5. The number of piperazine rings is 1. The third kappa shape index (κ3) is 9.06. The van der Waals surface area contributed by atoms with Crippen molar-refractivity contribution in [3.63, 3.8) is 0 Å². The number of hydroxylamine groups is 2. The lowest BCUT2D eigenvalue weighted by molar-refractivity contribution is -0.239. The number of hydrazone groups is 1. The molecule has 2 heterocycles. The normalized spacial score (nSPS) is 24.0. The van der Waals surface area contributed by atoms with E-state index in [9.17, 15) is 9.59 Å². The van der Waals surface area contributed by atoms with E-state index in [1.165, 1.54) is 4.90 Å². The average molecular weight is 548 g/mol. The molecule has 39 heavy (non-hydrogen) atoms. The first kappa shape index (κ1) is 30.6. The molecule has 2 aliphatic heterocycles. The molecule has 1 aromatic carbocycles. The number of hydrogen-bond donors (Lipinski definition) is 3. The standard InChI is InChI=1S/C27H45N7O5/c1-26(2,3)39-25(36)32(5)14-13-30-12-11-23(31-29)37-19-21-15-27(4,28)22-16-33(21)24(35)17-34(22)38-18-20-9-7-6-8-10-20/h6-10,21-22,30H,11-19,28-29H2,1-5H3/b31-23-/t21-,22-,27?/m0/s1. The van der Waals surface area contributed by atoms with Gasteiger partial charge in [-0.15, -0.1) is 5.10 Å². The van der Waals surface area contributed by atoms with Crippen molar-refractivity contribution in [1.29, 1.82) is 0 Å². The molecule has 2 aliphatic rings. The van der Waals surface area contributed by atoms with Gasteiger partial charge in [0.1, 0.15) is 18.8 Å². The van der Waals surface area contributed by atoms with Crippen LogP contribution in [0.4, 0.5) is 4.79 Å². The lowest BCUT2D eigenvalue weighted by Crippen LogP contribution is -2.73. The first-order chi connectivity index (χ1) is 18.4. The summed E-state index contributed by atoms with van der Waals surface area (Å²) in [6.07, 6.45) is 0.662. The fourth-order valence-corrected chi connectivity index (χ4v) is 4.74. The van der Waals surface area contributed by atoms with E-state index in [1.807, 2.05) is 62.9 Å². The van der Waals surface area contributed by atoms with Crippen LogP contribution >= 0.6 is 0 Å². The van der Waals surface area contributed by atoms with Gasteiger partial charge in [0.05, 0.1) is 18.7 Å². The van der Waals surface area contributed by atoms with E-state index in [1.54, 1.807) is 12.1 Å². The highest BCUT2D eigenvalue weighted by molar-refractivity contribution is 5.80. The van der Waals surface area contributed by atoms with E-state index in [0.717, 1.165) is 5.56 Å². The molecule has 1 unspecified atom stereocenters. The zero-order chi connectivity index (χ0) is 28.6. The Hall–Kier alpha value is -2.93. The number of benzene rings is 1. The summed E-state index contributed by atoms with van der Waals surface area (Å²) >= 11 is 0. The number of rotatable bonds is 11. The first-order valence-electron chi connectivity index (χ1n) is 13.5. The Labute approximate surface area is 231 Å². The topological polar surface area (TPSA) is 148 Å². The van der Waals surface area contributed by atoms with Crippen LogP contribution in [-0.2, 0) is 25.7 Å². The lowest BCUT2D eigenvalue weighted by atomic mass is 9.80. The van der Waals surface area contributed by atoms with E-state index in [-0.39, 0.29) is 37.2 Å². The smallest absolute Gasteiger partial charge is 0.410 e. The number of carbonyl (C=O) groups excluding carboxylic acids is 2. The number of ether oxygens (including phenoxy) is 2. The Balaban J connectivity index is 1.42. The number of nitrogens with two attached hydrogens (primary N) is 2. The van der Waals surface area contributed by atoms with Crippen molar-refractivity contribution < 1.29 is 23.9 Å². The maximum Gasteiger partial charge on any atom is 0.410 e. The lowest BCUT2D eigenvalue weighted by Gasteiger charge is -2.54. The Kier molecular flexibility index (Phi) is 10.5. The number of nitrogens with zero attached hydrogens (tertiary/aromatic N) is 4. The zero-order valence-corrected chi connectivity index (χ0v) is 23.9. The Morgan fingerprint density at radius 1 is 1.26 bits per heavy atom. The van der Waals surface area contributed by atoms with Crippen LogP contribution in [0.15, 0.2) is 35.4 Å². The van der Waals surface area contributed by atoms with Crippen LogP contribution in [0.5, 0.6) is 0 Å². The molecule has 3 atom stereocenters. The molecular formula is C27H45N7O5. The Bertz CT molecular complexity index is 982. The zero-order valence-electron chi connectivity index (χ0n) is 23.9. The van der Waals surface area contributed by atoms with Crippen molar-refractivity contribution in [2.75, 3.05) is 46.4 Å². The van der Waals surface area contributed by atoms with E-state index >= 15 is 0 Å². The highest BCUT2D eigenvalue weighted by Gasteiger charge is 2.50. The van der Waals surface area contributed by atoms with Gasteiger partial charge in [-0.05, 0) is 39.7 Å². The second kappa shape index (κ2) is 13.4. The predicted molar refractivity (Wildman–Crippen MR) is 148 cm³/mol. The van der Waals surface area contributed by atoms with Crippen molar-refractivity contribution in [2.24, 2.45) is 16.7 Å². The van der Waals surface area contributed by atoms with Crippen molar-refractivity contribution in [3.8, 4) is 0 Å². The Morgan fingerprint density at radius 2 is 1.97 bits per heavy atom. The number of hydrogen-bond acceptors (Lipinski definition) is 10. The van der Waals surface area contributed by atoms with Gasteiger partial charge in [0.15, 0.2) is 0 Å². The molecule has 0 saturated carbocycles. The number of nitrogens with one attached hydrogen (secondary N) is 1. The van der Waals surface area contributed by atoms with Gasteiger partial charge in [-0.2, -0.15) is 5.06 Å². The summed E-state index contributed by atoms with van der Waals surface area (Å²) in [6, 6.07) is 9.54. The van der Waals surface area contributed by atoms with Gasteiger partial charge in [-0.25, -0.2) is 4.79 Å². The fraction of sp³-hybridized carbons (Fsp3) is 0.667. The monoisotopic (exact) mass is 547 g/mol. The van der Waals surface area contributed by atoms with Crippen LogP contribution in [0.2, 0.25) is 0 Å². The molecule has 12 heteroatoms. The van der Waals surface area contributed by atoms with Gasteiger partial charge < -0.3 is 36.2 Å². The van der Waals surface area contributed by atoms with E-state index in [0.29, 0.717) is 51.5 Å². The van der Waals surface area contributed by atoms with Crippen LogP contribution in [0.25, 0.3) is 0 Å². The van der Waals surface area contributed by atoms with Crippen molar-refractivity contribution in [1.82, 2.24) is 20.2 Å². The molecule has 0 aromatic heterocycles. The molecule has 0 spiro atoms. The van der Waals surface area contributed by atoms with E-state index in [4.69, 9.17) is 25.9 Å². The maximum absolute atomic E-state index is 13.0. The molecule has 2 amide bonds. The largest absolute Gasteiger partial charge is 0.478 e. The summed E-state index contributed by atoms with van der Waals surface area (Å²) < 4.78 is 11.3. The molecule has 1 aromatic rings. The number of likely N-dealkylation sites (N-methyl/N-ethyl adjacent to an activating group) is 1. The highest BCUT2D eigenvalue weighted by Crippen LogP contribution is 2.32. The molecule has 0 radical (unpaired) electrons. The van der Waals surface area contributed by atoms with Crippen molar-refractivity contribution in [2.45, 2.75) is 70.4 Å². The minimum Gasteiger partial charge on any atom is -0.478 e. The van der Waals surface area contributed by atoms with E-state index in [2.05, 4.69) is 10.4 Å². The summed E-state index contributed by atoms with van der Waals surface area (Å²) in [7, 11) is 1.70. The number of amides is 2. The Morgan fingerprint density at radius 3 is 2.64 bits per heavy atom. The van der Waals surface area contributed by atoms with Crippen LogP contribution in [0.1, 0.15) is 46.1 Å². The molecule has 5 N–H and O–H groups in total. The van der Waals surface area contributed by atoms with Crippen molar-refractivity contribution in [3.05, 3.63) is 35.9 Å². The molecule has 0 aliphatic carbocycles. The number of piperidine rings is 1. The van der Waals surface area contributed by atoms with E-state index < -0.39 is 11.1 Å². The molecule has 12 nitrogen and oxygen atoms in total. The van der Waals surface area contributed by atoms with Gasteiger partial charge in [0.25, 0.3) is 0 Å². The molecule has 2 fully saturated rings. The molecule has 2 saturated heterocycles. The minimum absolute atomic E-state index is 0.0228. The highest BCUT2D eigenvalue weighted by atomic mass is 16.7. The SMILES string of the molecule is CN(CCNCC/C(=N/N)OC[C@@H]1CC(C)(N)[C@@H]2CN1C(=O)CN2OCc1ccccc1)C(=O)OC(C)(C)C. The van der Waals surface area contributed by atoms with Crippen molar-refractivity contribution >= 4 is 17.9 Å². The third-order valence-corrected chi connectivity index (χ3v) is 6.88. The molecular weight excluding hydrogens is 502 g/mol. The number of carbonyl (C=O) groups is 2. The maximum atomic E-state index is 13.0. The van der Waals surface area contributed by atoms with Gasteiger partial charge in [0.2, 0.25) is 11.8 Å². The van der Waals surface area contributed by atoms with Gasteiger partial charge in [-0.1, -0.05) is 30.3 Å². The van der Waals surface area contributed by atoms with Crippen LogP contribution in [0.3, 0.4) is 0 Å². The minimum atomic E-state index is -0.580. The fourth-order valence-electron chi connectivity index (χ4n) is 4.74.